The van der Waals surface area contributed by atoms with Crippen molar-refractivity contribution in [1.29, 1.82) is 0 Å². The van der Waals surface area contributed by atoms with Crippen LogP contribution in [0.4, 0.5) is 5.69 Å². The van der Waals surface area contributed by atoms with Crippen LogP contribution in [0, 0.1) is 0 Å². The van der Waals surface area contributed by atoms with Crippen LogP contribution in [-0.4, -0.2) is 36.2 Å². The molecule has 0 aliphatic carbocycles. The van der Waals surface area contributed by atoms with Crippen molar-refractivity contribution in [3.63, 3.8) is 0 Å². The Morgan fingerprint density at radius 3 is 2.59 bits per heavy atom. The van der Waals surface area contributed by atoms with Gasteiger partial charge in [-0.1, -0.05) is 36.4 Å². The van der Waals surface area contributed by atoms with E-state index in [2.05, 4.69) is 4.98 Å². The van der Waals surface area contributed by atoms with E-state index in [-0.39, 0.29) is 29.0 Å². The van der Waals surface area contributed by atoms with Crippen molar-refractivity contribution in [1.82, 2.24) is 9.55 Å². The van der Waals surface area contributed by atoms with E-state index in [1.54, 1.807) is 30.3 Å². The number of nitrogens with one attached hydrogen (secondary N) is 1. The minimum absolute atomic E-state index is 0.00302. The van der Waals surface area contributed by atoms with E-state index in [0.717, 1.165) is 16.6 Å². The molecule has 9 heteroatoms. The fraction of sp³-hybridized carbons (Fsp3) is 0.200. The van der Waals surface area contributed by atoms with Gasteiger partial charge in [-0.3, -0.25) is 9.10 Å². The average Bonchev–Trinajstić information content (AvgIpc) is 2.84. The molecule has 0 saturated carbocycles. The maximum absolute atomic E-state index is 13.6. The lowest BCUT2D eigenvalue weighted by Crippen LogP contribution is -2.36. The second-order valence-electron chi connectivity index (χ2n) is 8.19. The first kappa shape index (κ1) is 22.1. The number of aromatic amines is 1. The lowest BCUT2D eigenvalue weighted by atomic mass is 10.0. The highest BCUT2D eigenvalue weighted by Crippen LogP contribution is 2.32. The Hall–Kier alpha value is -3.69. The first-order valence-electron chi connectivity index (χ1n) is 11.0. The van der Waals surface area contributed by atoms with Gasteiger partial charge < -0.3 is 10.1 Å². The zero-order chi connectivity index (χ0) is 23.9. The van der Waals surface area contributed by atoms with Crippen LogP contribution in [0.1, 0.15) is 17.5 Å². The number of aliphatic hydroxyl groups excluding tert-OH is 1. The van der Waals surface area contributed by atoms with Gasteiger partial charge in [0, 0.05) is 13.2 Å². The van der Waals surface area contributed by atoms with Gasteiger partial charge in [0.1, 0.15) is 0 Å². The molecule has 5 rings (SSSR count). The Morgan fingerprint density at radius 1 is 0.971 bits per heavy atom. The van der Waals surface area contributed by atoms with Gasteiger partial charge in [-0.15, -0.1) is 0 Å². The van der Waals surface area contributed by atoms with Gasteiger partial charge in [0.15, 0.2) is 0 Å². The Labute approximate surface area is 195 Å². The summed E-state index contributed by atoms with van der Waals surface area (Å²) in [5.41, 5.74) is 1.49. The van der Waals surface area contributed by atoms with Gasteiger partial charge in [-0.05, 0) is 60.7 Å². The van der Waals surface area contributed by atoms with E-state index >= 15 is 0 Å². The lowest BCUT2D eigenvalue weighted by Gasteiger charge is -2.30. The van der Waals surface area contributed by atoms with Crippen molar-refractivity contribution >= 4 is 26.6 Å². The number of nitrogens with zero attached hydrogens (tertiary/aromatic N) is 2. The number of aromatic nitrogens is 2. The summed E-state index contributed by atoms with van der Waals surface area (Å²) < 4.78 is 29.5. The molecule has 0 atom stereocenters. The SMILES string of the molecule is O=c1[nH]c2cccc(CCO)c2c(=O)n1-c1cccc(S(=O)(=O)N2CCCc3ccccc32)c1. The summed E-state index contributed by atoms with van der Waals surface area (Å²) in [6, 6.07) is 18.3. The Bertz CT molecular complexity index is 1620. The van der Waals surface area contributed by atoms with Crippen molar-refractivity contribution < 1.29 is 13.5 Å². The maximum Gasteiger partial charge on any atom is 0.333 e. The summed E-state index contributed by atoms with van der Waals surface area (Å²) in [5, 5.41) is 9.66. The normalized spacial score (nSPS) is 13.7. The van der Waals surface area contributed by atoms with Crippen molar-refractivity contribution in [3.05, 3.63) is 98.7 Å². The number of aliphatic hydroxyl groups is 1. The molecule has 0 unspecified atom stereocenters. The smallest absolute Gasteiger partial charge is 0.333 e. The fourth-order valence-corrected chi connectivity index (χ4v) is 6.14. The number of hydrogen-bond acceptors (Lipinski definition) is 5. The molecule has 8 nitrogen and oxygen atoms in total. The number of sulfonamides is 1. The molecule has 2 heterocycles. The second-order valence-corrected chi connectivity index (χ2v) is 10.1. The largest absolute Gasteiger partial charge is 0.396 e. The van der Waals surface area contributed by atoms with E-state index in [0.29, 0.717) is 29.7 Å². The molecule has 0 radical (unpaired) electrons. The summed E-state index contributed by atoms with van der Waals surface area (Å²) in [4.78, 5) is 28.9. The molecular weight excluding hydrogens is 454 g/mol. The summed E-state index contributed by atoms with van der Waals surface area (Å²) in [7, 11) is -3.92. The van der Waals surface area contributed by atoms with Crippen molar-refractivity contribution in [2.24, 2.45) is 0 Å². The number of aryl methyl sites for hydroxylation is 1. The molecule has 0 spiro atoms. The fourth-order valence-electron chi connectivity index (χ4n) is 4.55. The number of benzene rings is 3. The van der Waals surface area contributed by atoms with Crippen LogP contribution < -0.4 is 15.6 Å². The highest BCUT2D eigenvalue weighted by atomic mass is 32.2. The highest BCUT2D eigenvalue weighted by Gasteiger charge is 2.29. The van der Waals surface area contributed by atoms with Gasteiger partial charge in [0.05, 0.1) is 27.2 Å². The molecule has 4 aromatic rings. The predicted octanol–water partition coefficient (Wildman–Crippen LogP) is 2.36. The third-order valence-electron chi connectivity index (χ3n) is 6.12. The molecule has 0 bridgehead atoms. The number of anilines is 1. The number of hydrogen-bond donors (Lipinski definition) is 2. The zero-order valence-electron chi connectivity index (χ0n) is 18.3. The number of rotatable bonds is 5. The topological polar surface area (TPSA) is 112 Å². The van der Waals surface area contributed by atoms with E-state index < -0.39 is 21.3 Å². The zero-order valence-corrected chi connectivity index (χ0v) is 19.1. The van der Waals surface area contributed by atoms with Gasteiger partial charge in [-0.25, -0.2) is 17.8 Å². The predicted molar refractivity (Wildman–Crippen MR) is 130 cm³/mol. The summed E-state index contributed by atoms with van der Waals surface area (Å²) in [5.74, 6) is 0. The third-order valence-corrected chi connectivity index (χ3v) is 7.93. The maximum atomic E-state index is 13.6. The number of para-hydroxylation sites is 1. The monoisotopic (exact) mass is 477 g/mol. The van der Waals surface area contributed by atoms with Crippen LogP contribution in [-0.2, 0) is 22.9 Å². The van der Waals surface area contributed by atoms with Crippen molar-refractivity contribution in [3.8, 4) is 5.69 Å². The van der Waals surface area contributed by atoms with E-state index in [1.807, 2.05) is 12.1 Å². The van der Waals surface area contributed by atoms with E-state index in [9.17, 15) is 23.1 Å². The van der Waals surface area contributed by atoms with Crippen LogP contribution in [0.25, 0.3) is 16.6 Å². The minimum atomic E-state index is -3.92. The molecule has 0 fully saturated rings. The first-order chi connectivity index (χ1) is 16.4. The quantitative estimate of drug-likeness (QED) is 0.458. The molecule has 0 amide bonds. The molecular formula is C25H23N3O5S. The molecule has 174 valence electrons. The minimum Gasteiger partial charge on any atom is -0.396 e. The standard InChI is InChI=1S/C25H23N3O5S/c29-15-13-18-7-3-11-21-23(18)24(30)28(25(31)26-21)19-9-4-10-20(16-19)34(32,33)27-14-5-8-17-6-1-2-12-22(17)27/h1-4,6-7,9-12,16,29H,5,8,13-15H2,(H,26,31). The number of fused-ring (bicyclic) bond motifs is 2. The Balaban J connectivity index is 1.66. The van der Waals surface area contributed by atoms with Gasteiger partial charge in [-0.2, -0.15) is 0 Å². The van der Waals surface area contributed by atoms with Gasteiger partial charge in [0.2, 0.25) is 0 Å². The van der Waals surface area contributed by atoms with Crippen LogP contribution >= 0.6 is 0 Å². The molecule has 34 heavy (non-hydrogen) atoms. The summed E-state index contributed by atoms with van der Waals surface area (Å²) in [6.45, 7) is 0.202. The molecule has 0 saturated heterocycles. The molecule has 1 aliphatic heterocycles. The Morgan fingerprint density at radius 2 is 1.76 bits per heavy atom. The van der Waals surface area contributed by atoms with Crippen molar-refractivity contribution in [2.45, 2.75) is 24.2 Å². The summed E-state index contributed by atoms with van der Waals surface area (Å²) >= 11 is 0. The molecule has 2 N–H and O–H groups in total. The summed E-state index contributed by atoms with van der Waals surface area (Å²) in [6.07, 6.45) is 1.76. The van der Waals surface area contributed by atoms with Gasteiger partial charge in [0.25, 0.3) is 15.6 Å². The third kappa shape index (κ3) is 3.63. The lowest BCUT2D eigenvalue weighted by molar-refractivity contribution is 0.300. The van der Waals surface area contributed by atoms with E-state index in [1.165, 1.54) is 28.6 Å². The van der Waals surface area contributed by atoms with Crippen LogP contribution in [0.15, 0.2) is 81.2 Å². The average molecular weight is 478 g/mol. The highest BCUT2D eigenvalue weighted by molar-refractivity contribution is 7.92. The van der Waals surface area contributed by atoms with Crippen molar-refractivity contribution in [2.75, 3.05) is 17.5 Å². The van der Waals surface area contributed by atoms with Crippen LogP contribution in [0.5, 0.6) is 0 Å². The van der Waals surface area contributed by atoms with Gasteiger partial charge >= 0.3 is 5.69 Å². The molecule has 1 aromatic heterocycles. The Kier molecular flexibility index (Phi) is 5.59. The number of H-pyrrole nitrogens is 1. The van der Waals surface area contributed by atoms with E-state index in [4.69, 9.17) is 0 Å². The molecule has 3 aromatic carbocycles. The second kappa shape index (κ2) is 8.58. The first-order valence-corrected chi connectivity index (χ1v) is 12.4. The van der Waals surface area contributed by atoms with Crippen LogP contribution in [0.2, 0.25) is 0 Å². The van der Waals surface area contributed by atoms with Crippen LogP contribution in [0.3, 0.4) is 0 Å². The molecule has 1 aliphatic rings.